The second kappa shape index (κ2) is 7.41. The number of nitro groups is 1. The second-order valence-electron chi connectivity index (χ2n) is 6.48. The van der Waals surface area contributed by atoms with Crippen LogP contribution in [0.15, 0.2) is 47.7 Å². The van der Waals surface area contributed by atoms with Gasteiger partial charge in [-0.2, -0.15) is 5.10 Å². The molecule has 0 fully saturated rings. The average Bonchev–Trinajstić information content (AvgIpc) is 2.91. The van der Waals surface area contributed by atoms with Gasteiger partial charge in [0.2, 0.25) is 0 Å². The van der Waals surface area contributed by atoms with Crippen LogP contribution in [-0.4, -0.2) is 20.7 Å². The number of nitrogens with one attached hydrogen (secondary N) is 1. The van der Waals surface area contributed by atoms with Gasteiger partial charge < -0.3 is 4.57 Å². The lowest BCUT2D eigenvalue weighted by Crippen LogP contribution is -2.02. The van der Waals surface area contributed by atoms with E-state index in [1.165, 1.54) is 29.5 Å². The van der Waals surface area contributed by atoms with Gasteiger partial charge in [-0.15, -0.1) is 0 Å². The van der Waals surface area contributed by atoms with Gasteiger partial charge in [0, 0.05) is 28.7 Å². The largest absolute Gasteiger partial charge is 0.318 e. The zero-order valence-corrected chi connectivity index (χ0v) is 15.7. The van der Waals surface area contributed by atoms with E-state index in [0.29, 0.717) is 5.82 Å². The SMILES string of the molecule is Cc1ccc(C)c(-n2c(C)cc(/C=N/Nc3ccc([N+](=O)[O-])cn3)c2C)c1. The lowest BCUT2D eigenvalue weighted by atomic mass is 10.1. The van der Waals surface area contributed by atoms with Gasteiger partial charge >= 0.3 is 0 Å². The summed E-state index contributed by atoms with van der Waals surface area (Å²) in [6.45, 7) is 8.31. The lowest BCUT2D eigenvalue weighted by Gasteiger charge is -2.13. The van der Waals surface area contributed by atoms with Crippen LogP contribution in [0, 0.1) is 37.8 Å². The molecule has 0 bridgehead atoms. The van der Waals surface area contributed by atoms with Crippen LogP contribution in [0.1, 0.15) is 28.1 Å². The van der Waals surface area contributed by atoms with Crippen molar-refractivity contribution in [1.82, 2.24) is 9.55 Å². The highest BCUT2D eigenvalue weighted by Gasteiger charge is 2.11. The van der Waals surface area contributed by atoms with Crippen LogP contribution in [0.25, 0.3) is 5.69 Å². The van der Waals surface area contributed by atoms with Gasteiger partial charge in [0.1, 0.15) is 12.0 Å². The molecular formula is C20H21N5O2. The number of aryl methyl sites for hydroxylation is 3. The summed E-state index contributed by atoms with van der Waals surface area (Å²) in [5, 5.41) is 14.9. The maximum Gasteiger partial charge on any atom is 0.287 e. The number of rotatable bonds is 5. The molecule has 0 aliphatic rings. The van der Waals surface area contributed by atoms with Gasteiger partial charge in [-0.05, 0) is 57.0 Å². The molecule has 1 aromatic carbocycles. The first-order chi connectivity index (χ1) is 12.9. The summed E-state index contributed by atoms with van der Waals surface area (Å²) in [6.07, 6.45) is 2.93. The third-order valence-electron chi connectivity index (χ3n) is 4.42. The van der Waals surface area contributed by atoms with Crippen molar-refractivity contribution >= 4 is 17.7 Å². The first kappa shape index (κ1) is 18.3. The fourth-order valence-corrected chi connectivity index (χ4v) is 2.98. The third kappa shape index (κ3) is 3.87. The van der Waals surface area contributed by atoms with E-state index in [1.807, 2.05) is 0 Å². The molecule has 138 valence electrons. The van der Waals surface area contributed by atoms with Crippen molar-refractivity contribution in [3.8, 4) is 5.69 Å². The molecule has 0 atom stereocenters. The molecule has 0 saturated carbocycles. The molecule has 3 aromatic rings. The molecule has 0 saturated heterocycles. The summed E-state index contributed by atoms with van der Waals surface area (Å²) >= 11 is 0. The Morgan fingerprint density at radius 1 is 1.15 bits per heavy atom. The fourth-order valence-electron chi connectivity index (χ4n) is 2.98. The molecule has 0 aliphatic carbocycles. The monoisotopic (exact) mass is 363 g/mol. The van der Waals surface area contributed by atoms with Crippen molar-refractivity contribution in [2.45, 2.75) is 27.7 Å². The van der Waals surface area contributed by atoms with Crippen molar-refractivity contribution in [2.75, 3.05) is 5.43 Å². The first-order valence-electron chi connectivity index (χ1n) is 8.53. The number of pyridine rings is 1. The number of anilines is 1. The zero-order chi connectivity index (χ0) is 19.6. The number of hydrogen-bond donors (Lipinski definition) is 1. The molecule has 0 radical (unpaired) electrons. The maximum absolute atomic E-state index is 10.7. The van der Waals surface area contributed by atoms with Gasteiger partial charge in [0.25, 0.3) is 5.69 Å². The van der Waals surface area contributed by atoms with Crippen LogP contribution in [0.3, 0.4) is 0 Å². The minimum absolute atomic E-state index is 0.0541. The van der Waals surface area contributed by atoms with Crippen LogP contribution >= 0.6 is 0 Å². The Balaban J connectivity index is 1.83. The quantitative estimate of drug-likeness (QED) is 0.412. The smallest absolute Gasteiger partial charge is 0.287 e. The van der Waals surface area contributed by atoms with Crippen LogP contribution in [0.5, 0.6) is 0 Å². The third-order valence-corrected chi connectivity index (χ3v) is 4.42. The van der Waals surface area contributed by atoms with Crippen LogP contribution < -0.4 is 5.43 Å². The Morgan fingerprint density at radius 2 is 1.93 bits per heavy atom. The molecule has 0 spiro atoms. The Labute approximate surface area is 157 Å². The highest BCUT2D eigenvalue weighted by Crippen LogP contribution is 2.23. The molecule has 3 rings (SSSR count). The number of benzene rings is 1. The van der Waals surface area contributed by atoms with Crippen LogP contribution in [-0.2, 0) is 0 Å². The van der Waals surface area contributed by atoms with Crippen molar-refractivity contribution in [2.24, 2.45) is 5.10 Å². The predicted octanol–water partition coefficient (Wildman–Crippen LogP) is 4.46. The van der Waals surface area contributed by atoms with Gasteiger partial charge in [-0.1, -0.05) is 12.1 Å². The lowest BCUT2D eigenvalue weighted by molar-refractivity contribution is -0.385. The van der Waals surface area contributed by atoms with Gasteiger partial charge in [-0.3, -0.25) is 15.5 Å². The fraction of sp³-hybridized carbons (Fsp3) is 0.200. The van der Waals surface area contributed by atoms with E-state index in [0.717, 1.165) is 22.6 Å². The minimum Gasteiger partial charge on any atom is -0.318 e. The molecule has 7 heteroatoms. The molecule has 0 amide bonds. The van der Waals surface area contributed by atoms with Crippen molar-refractivity contribution in [3.63, 3.8) is 0 Å². The molecule has 1 N–H and O–H groups in total. The van der Waals surface area contributed by atoms with E-state index >= 15 is 0 Å². The van der Waals surface area contributed by atoms with E-state index in [1.54, 1.807) is 6.21 Å². The maximum atomic E-state index is 10.7. The molecule has 0 aliphatic heterocycles. The molecule has 2 heterocycles. The first-order valence-corrected chi connectivity index (χ1v) is 8.53. The van der Waals surface area contributed by atoms with E-state index in [2.05, 4.69) is 72.0 Å². The highest BCUT2D eigenvalue weighted by molar-refractivity contribution is 5.82. The standard InChI is InChI=1S/C20H21N5O2/c1-13-5-6-14(2)19(9-13)24-15(3)10-17(16(24)4)11-22-23-20-8-7-18(12-21-20)25(26)27/h5-12H,1-4H3,(H,21,23)/b22-11+. The van der Waals surface area contributed by atoms with Gasteiger partial charge in [0.15, 0.2) is 0 Å². The summed E-state index contributed by atoms with van der Waals surface area (Å²) in [5.74, 6) is 0.445. The van der Waals surface area contributed by atoms with Crippen LogP contribution in [0.2, 0.25) is 0 Å². The van der Waals surface area contributed by atoms with Crippen LogP contribution in [0.4, 0.5) is 11.5 Å². The van der Waals surface area contributed by atoms with E-state index in [4.69, 9.17) is 0 Å². The van der Waals surface area contributed by atoms with Gasteiger partial charge in [0.05, 0.1) is 11.1 Å². The summed E-state index contributed by atoms with van der Waals surface area (Å²) < 4.78 is 2.22. The molecule has 0 unspecified atom stereocenters. The highest BCUT2D eigenvalue weighted by atomic mass is 16.6. The van der Waals surface area contributed by atoms with E-state index < -0.39 is 4.92 Å². The zero-order valence-electron chi connectivity index (χ0n) is 15.7. The summed E-state index contributed by atoms with van der Waals surface area (Å²) in [4.78, 5) is 14.1. The molecule has 27 heavy (non-hydrogen) atoms. The predicted molar refractivity (Wildman–Crippen MR) is 107 cm³/mol. The normalized spacial score (nSPS) is 11.1. The van der Waals surface area contributed by atoms with E-state index in [9.17, 15) is 10.1 Å². The second-order valence-corrected chi connectivity index (χ2v) is 6.48. The Morgan fingerprint density at radius 3 is 2.59 bits per heavy atom. The van der Waals surface area contributed by atoms with Crippen molar-refractivity contribution in [1.29, 1.82) is 0 Å². The summed E-state index contributed by atoms with van der Waals surface area (Å²) in [6, 6.07) is 11.4. The summed E-state index contributed by atoms with van der Waals surface area (Å²) in [7, 11) is 0. The van der Waals surface area contributed by atoms with Crippen molar-refractivity contribution < 1.29 is 4.92 Å². The molecular weight excluding hydrogens is 342 g/mol. The number of hydrazone groups is 1. The van der Waals surface area contributed by atoms with E-state index in [-0.39, 0.29) is 5.69 Å². The Kier molecular flexibility index (Phi) is 5.03. The summed E-state index contributed by atoms with van der Waals surface area (Å²) in [5.41, 5.74) is 9.53. The molecule has 7 nitrogen and oxygen atoms in total. The molecule has 2 aromatic heterocycles. The van der Waals surface area contributed by atoms with Crippen molar-refractivity contribution in [3.05, 3.63) is 80.8 Å². The topological polar surface area (TPSA) is 85.3 Å². The number of hydrogen-bond acceptors (Lipinski definition) is 5. The minimum atomic E-state index is -0.484. The van der Waals surface area contributed by atoms with Gasteiger partial charge in [-0.25, -0.2) is 4.98 Å². The average molecular weight is 363 g/mol. The Bertz CT molecular complexity index is 1020. The Hall–Kier alpha value is -3.48. The number of aromatic nitrogens is 2. The number of nitrogens with zero attached hydrogens (tertiary/aromatic N) is 4.